The van der Waals surface area contributed by atoms with Crippen LogP contribution in [-0.4, -0.2) is 17.8 Å². The Hall–Kier alpha value is -0.0800. The molecular formula is C13H25NO. The lowest BCUT2D eigenvalue weighted by Crippen LogP contribution is -2.37. The van der Waals surface area contributed by atoms with Crippen LogP contribution in [0.3, 0.4) is 0 Å². The van der Waals surface area contributed by atoms with Crippen LogP contribution in [0.4, 0.5) is 0 Å². The summed E-state index contributed by atoms with van der Waals surface area (Å²) in [5.41, 5.74) is 6.33. The summed E-state index contributed by atoms with van der Waals surface area (Å²) < 4.78 is 0. The van der Waals surface area contributed by atoms with Crippen molar-refractivity contribution >= 4 is 0 Å². The van der Waals surface area contributed by atoms with E-state index in [9.17, 15) is 5.11 Å². The van der Waals surface area contributed by atoms with E-state index >= 15 is 0 Å². The van der Waals surface area contributed by atoms with Crippen LogP contribution < -0.4 is 5.73 Å². The van der Waals surface area contributed by atoms with Crippen LogP contribution in [0.1, 0.15) is 51.9 Å². The van der Waals surface area contributed by atoms with Gasteiger partial charge >= 0.3 is 0 Å². The maximum absolute atomic E-state index is 9.55. The molecule has 2 aliphatic rings. The third kappa shape index (κ3) is 2.73. The highest BCUT2D eigenvalue weighted by Gasteiger charge is 2.38. The van der Waals surface area contributed by atoms with Crippen molar-refractivity contribution < 1.29 is 5.11 Å². The summed E-state index contributed by atoms with van der Waals surface area (Å²) in [5, 5.41) is 9.55. The first-order chi connectivity index (χ1) is 7.15. The van der Waals surface area contributed by atoms with Gasteiger partial charge in [0.25, 0.3) is 0 Å². The zero-order valence-electron chi connectivity index (χ0n) is 9.91. The first kappa shape index (κ1) is 11.4. The second kappa shape index (κ2) is 4.42. The summed E-state index contributed by atoms with van der Waals surface area (Å²) >= 11 is 0. The molecule has 0 saturated heterocycles. The molecule has 0 aromatic rings. The number of nitrogens with two attached hydrogens (primary N) is 1. The van der Waals surface area contributed by atoms with Gasteiger partial charge in [0, 0.05) is 0 Å². The van der Waals surface area contributed by atoms with Crippen molar-refractivity contribution in [1.82, 2.24) is 0 Å². The first-order valence-electron chi connectivity index (χ1n) is 6.53. The van der Waals surface area contributed by atoms with Gasteiger partial charge in [-0.3, -0.25) is 0 Å². The number of rotatable bonds is 4. The highest BCUT2D eigenvalue weighted by molar-refractivity contribution is 4.91. The second-order valence-electron chi connectivity index (χ2n) is 5.95. The molecule has 0 heterocycles. The molecule has 88 valence electrons. The quantitative estimate of drug-likeness (QED) is 0.749. The van der Waals surface area contributed by atoms with Crippen LogP contribution in [0.15, 0.2) is 0 Å². The van der Waals surface area contributed by atoms with E-state index in [1.165, 1.54) is 19.3 Å². The molecule has 0 aliphatic heterocycles. The van der Waals surface area contributed by atoms with Crippen molar-refractivity contribution in [2.75, 3.05) is 6.54 Å². The van der Waals surface area contributed by atoms with Crippen LogP contribution in [-0.2, 0) is 0 Å². The highest BCUT2D eigenvalue weighted by atomic mass is 16.3. The van der Waals surface area contributed by atoms with Gasteiger partial charge in [0.2, 0.25) is 0 Å². The molecule has 0 radical (unpaired) electrons. The Labute approximate surface area is 93.2 Å². The van der Waals surface area contributed by atoms with Crippen molar-refractivity contribution in [3.8, 4) is 0 Å². The van der Waals surface area contributed by atoms with Gasteiger partial charge in [0.15, 0.2) is 0 Å². The molecule has 2 saturated carbocycles. The van der Waals surface area contributed by atoms with E-state index in [0.29, 0.717) is 5.41 Å². The Bertz CT molecular complexity index is 205. The summed E-state index contributed by atoms with van der Waals surface area (Å²) in [4.78, 5) is 0. The van der Waals surface area contributed by atoms with Crippen molar-refractivity contribution in [1.29, 1.82) is 0 Å². The van der Waals surface area contributed by atoms with Gasteiger partial charge in [-0.2, -0.15) is 0 Å². The first-order valence-corrected chi connectivity index (χ1v) is 6.53. The van der Waals surface area contributed by atoms with Gasteiger partial charge in [-0.15, -0.1) is 0 Å². The smallest absolute Gasteiger partial charge is 0.0540 e. The van der Waals surface area contributed by atoms with Crippen molar-refractivity contribution in [2.45, 2.75) is 58.0 Å². The van der Waals surface area contributed by atoms with Crippen molar-refractivity contribution in [3.63, 3.8) is 0 Å². The summed E-state index contributed by atoms with van der Waals surface area (Å²) in [6, 6.07) is 0. The van der Waals surface area contributed by atoms with E-state index in [4.69, 9.17) is 5.73 Å². The van der Waals surface area contributed by atoms with Gasteiger partial charge in [-0.1, -0.05) is 6.92 Å². The maximum Gasteiger partial charge on any atom is 0.0540 e. The number of hydrogen-bond acceptors (Lipinski definition) is 2. The Morgan fingerprint density at radius 3 is 2.33 bits per heavy atom. The predicted molar refractivity (Wildman–Crippen MR) is 62.5 cm³/mol. The molecule has 0 aromatic heterocycles. The summed E-state index contributed by atoms with van der Waals surface area (Å²) in [7, 11) is 0. The number of aliphatic hydroxyl groups is 1. The lowest BCUT2D eigenvalue weighted by atomic mass is 9.68. The molecule has 0 aromatic carbocycles. The van der Waals surface area contributed by atoms with Crippen LogP contribution in [0.25, 0.3) is 0 Å². The maximum atomic E-state index is 9.55. The van der Waals surface area contributed by atoms with E-state index in [2.05, 4.69) is 6.92 Å². The van der Waals surface area contributed by atoms with Gasteiger partial charge in [-0.25, -0.2) is 0 Å². The molecule has 2 aliphatic carbocycles. The molecule has 2 heteroatoms. The average molecular weight is 211 g/mol. The monoisotopic (exact) mass is 211 g/mol. The van der Waals surface area contributed by atoms with E-state index in [-0.39, 0.29) is 6.10 Å². The molecule has 2 nitrogen and oxygen atoms in total. The Balaban J connectivity index is 1.89. The summed E-state index contributed by atoms with van der Waals surface area (Å²) in [6.07, 6.45) is 8.32. The molecule has 1 unspecified atom stereocenters. The molecule has 0 bridgehead atoms. The minimum absolute atomic E-state index is 0.0547. The van der Waals surface area contributed by atoms with Crippen molar-refractivity contribution in [2.24, 2.45) is 23.0 Å². The molecule has 2 rings (SSSR count). The Morgan fingerprint density at radius 1 is 1.27 bits per heavy atom. The molecule has 2 fully saturated rings. The second-order valence-corrected chi connectivity index (χ2v) is 5.95. The molecule has 1 atom stereocenters. The van der Waals surface area contributed by atoms with Crippen LogP contribution in [0, 0.1) is 17.3 Å². The third-order valence-electron chi connectivity index (χ3n) is 4.63. The molecular weight excluding hydrogens is 186 g/mol. The van der Waals surface area contributed by atoms with E-state index < -0.39 is 0 Å². The van der Waals surface area contributed by atoms with E-state index in [0.717, 1.165) is 44.1 Å². The van der Waals surface area contributed by atoms with Crippen LogP contribution in [0.2, 0.25) is 0 Å². The van der Waals surface area contributed by atoms with Gasteiger partial charge < -0.3 is 10.8 Å². The van der Waals surface area contributed by atoms with Gasteiger partial charge in [0.1, 0.15) is 0 Å². The van der Waals surface area contributed by atoms with Gasteiger partial charge in [-0.05, 0) is 68.7 Å². The zero-order chi connectivity index (χ0) is 10.9. The SMILES string of the molecule is CC(CC1(CN)CCC(O)CC1)C1CC1. The number of aliphatic hydroxyl groups excluding tert-OH is 1. The average Bonchev–Trinajstić information content (AvgIpc) is 3.05. The Morgan fingerprint density at radius 2 is 1.87 bits per heavy atom. The fourth-order valence-electron chi connectivity index (χ4n) is 3.22. The van der Waals surface area contributed by atoms with Gasteiger partial charge in [0.05, 0.1) is 6.10 Å². The lowest BCUT2D eigenvalue weighted by Gasteiger charge is -2.40. The minimum atomic E-state index is -0.0547. The van der Waals surface area contributed by atoms with Crippen LogP contribution in [0.5, 0.6) is 0 Å². The molecule has 0 spiro atoms. The van der Waals surface area contributed by atoms with E-state index in [1.54, 1.807) is 0 Å². The van der Waals surface area contributed by atoms with E-state index in [1.807, 2.05) is 0 Å². The predicted octanol–water partition coefficient (Wildman–Crippen LogP) is 2.30. The largest absolute Gasteiger partial charge is 0.393 e. The molecule has 0 amide bonds. The normalized spacial score (nSPS) is 39.0. The molecule has 3 N–H and O–H groups in total. The fraction of sp³-hybridized carbons (Fsp3) is 1.00. The minimum Gasteiger partial charge on any atom is -0.393 e. The van der Waals surface area contributed by atoms with Crippen molar-refractivity contribution in [3.05, 3.63) is 0 Å². The number of hydrogen-bond donors (Lipinski definition) is 2. The zero-order valence-corrected chi connectivity index (χ0v) is 9.91. The fourth-order valence-corrected chi connectivity index (χ4v) is 3.22. The standard InChI is InChI=1S/C13H25NO/c1-10(11-2-3-11)8-13(9-14)6-4-12(15)5-7-13/h10-12,15H,2-9,14H2,1H3. The third-order valence-corrected chi connectivity index (χ3v) is 4.63. The summed E-state index contributed by atoms with van der Waals surface area (Å²) in [5.74, 6) is 1.84. The summed E-state index contributed by atoms with van der Waals surface area (Å²) in [6.45, 7) is 3.21. The lowest BCUT2D eigenvalue weighted by molar-refractivity contribution is 0.0515. The topological polar surface area (TPSA) is 46.2 Å². The Kier molecular flexibility index (Phi) is 3.36. The highest BCUT2D eigenvalue weighted by Crippen LogP contribution is 2.46. The molecule has 15 heavy (non-hydrogen) atoms. The van der Waals surface area contributed by atoms with Crippen LogP contribution >= 0.6 is 0 Å².